The molecule has 0 aliphatic rings. The number of benzene rings is 6. The van der Waals surface area contributed by atoms with E-state index in [0.717, 1.165) is 44.8 Å². The van der Waals surface area contributed by atoms with Crippen molar-refractivity contribution in [1.29, 1.82) is 10.5 Å². The van der Waals surface area contributed by atoms with Crippen molar-refractivity contribution >= 4 is 32.3 Å². The number of rotatable bonds is 4. The molecule has 8 aromatic rings. The largest absolute Gasteiger partial charge is 0.256 e. The Balaban J connectivity index is 1.24. The predicted molar refractivity (Wildman–Crippen MR) is 186 cm³/mol. The first-order chi connectivity index (χ1) is 22.7. The molecule has 0 aliphatic carbocycles. The molecule has 4 nitrogen and oxygen atoms in total. The molecule has 0 fully saturated rings. The Morgan fingerprint density at radius 3 is 1.13 bits per heavy atom. The lowest BCUT2D eigenvalue weighted by atomic mass is 9.90. The Morgan fingerprint density at radius 1 is 0.348 bits per heavy atom. The molecule has 2 heterocycles. The van der Waals surface area contributed by atoms with Crippen LogP contribution in [0.4, 0.5) is 0 Å². The average molecular weight is 585 g/mol. The number of hydrogen-bond acceptors (Lipinski definition) is 4. The van der Waals surface area contributed by atoms with Gasteiger partial charge in [0, 0.05) is 23.5 Å². The molecule has 6 aromatic carbocycles. The molecular formula is C42H24N4. The lowest BCUT2D eigenvalue weighted by molar-refractivity contribution is 1.31. The minimum absolute atomic E-state index is 0.598. The van der Waals surface area contributed by atoms with Gasteiger partial charge in [-0.1, -0.05) is 97.1 Å². The summed E-state index contributed by atoms with van der Waals surface area (Å²) >= 11 is 0. The van der Waals surface area contributed by atoms with Crippen LogP contribution in [-0.2, 0) is 0 Å². The molecule has 0 amide bonds. The van der Waals surface area contributed by atoms with E-state index >= 15 is 0 Å². The highest BCUT2D eigenvalue weighted by Gasteiger charge is 2.12. The fourth-order valence-corrected chi connectivity index (χ4v) is 6.30. The number of nitriles is 2. The van der Waals surface area contributed by atoms with E-state index < -0.39 is 0 Å². The van der Waals surface area contributed by atoms with Gasteiger partial charge in [0.2, 0.25) is 0 Å². The van der Waals surface area contributed by atoms with Gasteiger partial charge in [-0.25, -0.2) is 0 Å². The zero-order valence-electron chi connectivity index (χ0n) is 24.6. The molecule has 4 heteroatoms. The van der Waals surface area contributed by atoms with Gasteiger partial charge in [0.1, 0.15) is 0 Å². The topological polar surface area (TPSA) is 73.4 Å². The Labute approximate surface area is 266 Å². The average Bonchev–Trinajstić information content (AvgIpc) is 3.14. The molecule has 212 valence electrons. The number of aromatic nitrogens is 2. The summed E-state index contributed by atoms with van der Waals surface area (Å²) in [6.07, 6.45) is 3.35. The Kier molecular flexibility index (Phi) is 6.53. The molecule has 0 bridgehead atoms. The van der Waals surface area contributed by atoms with E-state index in [1.807, 2.05) is 12.1 Å². The molecule has 0 spiro atoms. The van der Waals surface area contributed by atoms with Crippen LogP contribution in [0.1, 0.15) is 11.1 Å². The molecule has 0 radical (unpaired) electrons. The van der Waals surface area contributed by atoms with Gasteiger partial charge in [-0.15, -0.1) is 0 Å². The maximum Gasteiger partial charge on any atom is 0.0992 e. The summed E-state index contributed by atoms with van der Waals surface area (Å²) in [6.45, 7) is 0. The summed E-state index contributed by atoms with van der Waals surface area (Å²) in [7, 11) is 0. The minimum Gasteiger partial charge on any atom is -0.256 e. The SMILES string of the molecule is N#Cc1ccnc(-c2ccc(-c3ccc4c5ccccc5c5ccc(-c6ccc(-c7cc(C#N)ccn7)cc6)cc5c4c3)cc2)c1. The van der Waals surface area contributed by atoms with Crippen molar-refractivity contribution in [3.8, 4) is 56.9 Å². The summed E-state index contributed by atoms with van der Waals surface area (Å²) in [6, 6.07) is 50.3. The second kappa shape index (κ2) is 11.1. The highest BCUT2D eigenvalue weighted by atomic mass is 14.7. The summed E-state index contributed by atoms with van der Waals surface area (Å²) < 4.78 is 0. The third-order valence-corrected chi connectivity index (χ3v) is 8.64. The highest BCUT2D eigenvalue weighted by molar-refractivity contribution is 6.26. The second-order valence-corrected chi connectivity index (χ2v) is 11.3. The van der Waals surface area contributed by atoms with Crippen LogP contribution in [0.15, 0.2) is 146 Å². The van der Waals surface area contributed by atoms with Gasteiger partial charge >= 0.3 is 0 Å². The molecule has 0 saturated carbocycles. The smallest absolute Gasteiger partial charge is 0.0992 e. The first-order valence-electron chi connectivity index (χ1n) is 15.0. The molecule has 8 rings (SSSR count). The van der Waals surface area contributed by atoms with Gasteiger partial charge in [0.25, 0.3) is 0 Å². The van der Waals surface area contributed by atoms with Crippen LogP contribution < -0.4 is 0 Å². The van der Waals surface area contributed by atoms with E-state index in [9.17, 15) is 10.5 Å². The number of hydrogen-bond donors (Lipinski definition) is 0. The second-order valence-electron chi connectivity index (χ2n) is 11.3. The van der Waals surface area contributed by atoms with Crippen molar-refractivity contribution in [1.82, 2.24) is 9.97 Å². The lowest BCUT2D eigenvalue weighted by Crippen LogP contribution is -1.88. The van der Waals surface area contributed by atoms with E-state index in [4.69, 9.17) is 0 Å². The molecule has 0 aliphatic heterocycles. The Bertz CT molecular complexity index is 2350. The van der Waals surface area contributed by atoms with Crippen molar-refractivity contribution in [2.45, 2.75) is 0 Å². The van der Waals surface area contributed by atoms with Crippen molar-refractivity contribution in [3.63, 3.8) is 0 Å². The number of nitrogens with zero attached hydrogens (tertiary/aromatic N) is 4. The van der Waals surface area contributed by atoms with Gasteiger partial charge in [-0.2, -0.15) is 10.5 Å². The summed E-state index contributed by atoms with van der Waals surface area (Å²) in [5.41, 5.74) is 9.22. The first-order valence-corrected chi connectivity index (χ1v) is 15.0. The molecule has 0 saturated heterocycles. The summed E-state index contributed by atoms with van der Waals surface area (Å²) in [4.78, 5) is 8.92. The fourth-order valence-electron chi connectivity index (χ4n) is 6.30. The van der Waals surface area contributed by atoms with Gasteiger partial charge in [0.05, 0.1) is 34.7 Å². The maximum absolute atomic E-state index is 9.29. The quantitative estimate of drug-likeness (QED) is 0.193. The fraction of sp³-hybridized carbons (Fsp3) is 0. The van der Waals surface area contributed by atoms with Crippen molar-refractivity contribution in [2.24, 2.45) is 0 Å². The first kappa shape index (κ1) is 27.0. The van der Waals surface area contributed by atoms with Crippen LogP contribution in [0.5, 0.6) is 0 Å². The van der Waals surface area contributed by atoms with Crippen LogP contribution >= 0.6 is 0 Å². The van der Waals surface area contributed by atoms with Crippen molar-refractivity contribution in [3.05, 3.63) is 157 Å². The van der Waals surface area contributed by atoms with E-state index in [1.54, 1.807) is 24.5 Å². The van der Waals surface area contributed by atoms with Crippen LogP contribution in [0.25, 0.3) is 77.1 Å². The maximum atomic E-state index is 9.29. The van der Waals surface area contributed by atoms with E-state index in [1.165, 1.54) is 32.3 Å². The van der Waals surface area contributed by atoms with E-state index in [0.29, 0.717) is 11.1 Å². The van der Waals surface area contributed by atoms with Crippen molar-refractivity contribution in [2.75, 3.05) is 0 Å². The standard InChI is InChI=1S/C42H24N4/c43-25-27-17-19-45-41(21-27)31-9-5-29(6-10-31)33-13-15-37-35-3-1-2-4-36(35)38-16-14-34(24-40(38)39(37)23-33)30-7-11-32(12-8-30)42-22-28(26-44)18-20-46-42/h1-24H. The summed E-state index contributed by atoms with van der Waals surface area (Å²) in [5, 5.41) is 25.9. The van der Waals surface area contributed by atoms with Crippen LogP contribution in [0, 0.1) is 22.7 Å². The van der Waals surface area contributed by atoms with Crippen molar-refractivity contribution < 1.29 is 0 Å². The minimum atomic E-state index is 0.598. The van der Waals surface area contributed by atoms with Gasteiger partial charge in [-0.3, -0.25) is 9.97 Å². The third-order valence-electron chi connectivity index (χ3n) is 8.64. The molecule has 0 unspecified atom stereocenters. The molecular weight excluding hydrogens is 560 g/mol. The Morgan fingerprint density at radius 2 is 0.717 bits per heavy atom. The molecule has 46 heavy (non-hydrogen) atoms. The predicted octanol–water partition coefficient (Wildman–Crippen LogP) is 10.3. The Hall–Kier alpha value is -6.62. The monoisotopic (exact) mass is 584 g/mol. The van der Waals surface area contributed by atoms with Crippen LogP contribution in [-0.4, -0.2) is 9.97 Å². The normalized spacial score (nSPS) is 11.0. The summed E-state index contributed by atoms with van der Waals surface area (Å²) in [5.74, 6) is 0. The molecule has 0 atom stereocenters. The number of fused-ring (bicyclic) bond motifs is 6. The molecule has 2 aromatic heterocycles. The van der Waals surface area contributed by atoms with Gasteiger partial charge in [0.15, 0.2) is 0 Å². The lowest BCUT2D eigenvalue weighted by Gasteiger charge is -2.14. The van der Waals surface area contributed by atoms with Gasteiger partial charge in [-0.05, 0) is 91.0 Å². The zero-order valence-corrected chi connectivity index (χ0v) is 24.6. The zero-order chi connectivity index (χ0) is 31.0. The van der Waals surface area contributed by atoms with E-state index in [-0.39, 0.29) is 0 Å². The van der Waals surface area contributed by atoms with Crippen LogP contribution in [0.3, 0.4) is 0 Å². The third kappa shape index (κ3) is 4.72. The van der Waals surface area contributed by atoms with Gasteiger partial charge < -0.3 is 0 Å². The molecule has 0 N–H and O–H groups in total. The number of pyridine rings is 2. The van der Waals surface area contributed by atoms with E-state index in [2.05, 4.69) is 131 Å². The highest BCUT2D eigenvalue weighted by Crippen LogP contribution is 2.39. The van der Waals surface area contributed by atoms with Crippen LogP contribution in [0.2, 0.25) is 0 Å².